The molecule has 0 saturated heterocycles. The largest absolute Gasteiger partial charge is 0.432 e. The smallest absolute Gasteiger partial charge is 0.406 e. The van der Waals surface area contributed by atoms with Gasteiger partial charge in [0, 0.05) is 17.8 Å². The Morgan fingerprint density at radius 1 is 1.19 bits per heavy atom. The van der Waals surface area contributed by atoms with E-state index in [0.717, 1.165) is 0 Å². The highest BCUT2D eigenvalue weighted by atomic mass is 19.1. The highest BCUT2D eigenvalue weighted by Crippen LogP contribution is 2.19. The minimum atomic E-state index is -0.714. The van der Waals surface area contributed by atoms with Gasteiger partial charge >= 0.3 is 6.09 Å². The maximum atomic E-state index is 13.3. The molecule has 3 heterocycles. The Morgan fingerprint density at radius 2 is 2.07 bits per heavy atom. The maximum Gasteiger partial charge on any atom is 0.432 e. The number of rotatable bonds is 3. The number of ether oxygens (including phenoxy) is 1. The molecule has 1 amide bonds. The number of nitrogens with zero attached hydrogens (tertiary/aromatic N) is 4. The van der Waals surface area contributed by atoms with Crippen molar-refractivity contribution < 1.29 is 13.9 Å². The SMILES string of the molecule is Cc1nc(-c2ccccn2)ncc1OC(=O)Nn1ccc2cc(F)ccc21. The van der Waals surface area contributed by atoms with Gasteiger partial charge in [-0.15, -0.1) is 0 Å². The van der Waals surface area contributed by atoms with Crippen molar-refractivity contribution in [2.75, 3.05) is 5.43 Å². The first kappa shape index (κ1) is 16.6. The first-order valence-corrected chi connectivity index (χ1v) is 8.10. The van der Waals surface area contributed by atoms with Crippen molar-refractivity contribution in [3.63, 3.8) is 0 Å². The lowest BCUT2D eigenvalue weighted by atomic mass is 10.2. The van der Waals surface area contributed by atoms with E-state index in [0.29, 0.717) is 28.1 Å². The fraction of sp³-hybridized carbons (Fsp3) is 0.0526. The summed E-state index contributed by atoms with van der Waals surface area (Å²) in [5.41, 5.74) is 4.34. The molecular weight excluding hydrogens is 349 g/mol. The predicted octanol–water partition coefficient (Wildman–Crippen LogP) is 3.68. The number of carbonyl (C=O) groups excluding carboxylic acids is 1. The highest BCUT2D eigenvalue weighted by molar-refractivity contribution is 5.85. The van der Waals surface area contributed by atoms with E-state index in [-0.39, 0.29) is 11.6 Å². The van der Waals surface area contributed by atoms with Crippen LogP contribution < -0.4 is 10.2 Å². The summed E-state index contributed by atoms with van der Waals surface area (Å²) in [6, 6.07) is 11.4. The molecular formula is C19H14FN5O2. The molecule has 1 aromatic carbocycles. The minimum absolute atomic E-state index is 0.231. The van der Waals surface area contributed by atoms with Crippen LogP contribution in [0.3, 0.4) is 0 Å². The third-order valence-electron chi connectivity index (χ3n) is 3.89. The van der Waals surface area contributed by atoms with Gasteiger partial charge in [-0.25, -0.2) is 24.6 Å². The molecule has 27 heavy (non-hydrogen) atoms. The topological polar surface area (TPSA) is 81.9 Å². The standard InChI is InChI=1S/C19H14FN5O2/c1-12-17(11-22-18(23-12)15-4-2-3-8-21-15)27-19(26)24-25-9-7-13-10-14(20)5-6-16(13)25/h2-11H,1H3,(H,24,26). The number of hydrogen-bond acceptors (Lipinski definition) is 5. The molecule has 0 atom stereocenters. The molecule has 0 unspecified atom stereocenters. The Morgan fingerprint density at radius 3 is 2.85 bits per heavy atom. The van der Waals surface area contributed by atoms with Gasteiger partial charge in [0.1, 0.15) is 11.5 Å². The monoisotopic (exact) mass is 363 g/mol. The summed E-state index contributed by atoms with van der Waals surface area (Å²) in [6.45, 7) is 1.71. The van der Waals surface area contributed by atoms with Gasteiger partial charge in [-0.2, -0.15) is 0 Å². The molecule has 0 saturated carbocycles. The number of pyridine rings is 1. The quantitative estimate of drug-likeness (QED) is 0.600. The third-order valence-corrected chi connectivity index (χ3v) is 3.89. The summed E-state index contributed by atoms with van der Waals surface area (Å²) in [5, 5.41) is 0.662. The van der Waals surface area contributed by atoms with Gasteiger partial charge < -0.3 is 4.74 Å². The zero-order valence-electron chi connectivity index (χ0n) is 14.3. The molecule has 3 aromatic heterocycles. The lowest BCUT2D eigenvalue weighted by Crippen LogP contribution is -2.25. The van der Waals surface area contributed by atoms with Crippen LogP contribution in [0.15, 0.2) is 61.1 Å². The molecule has 1 N–H and O–H groups in total. The fourth-order valence-corrected chi connectivity index (χ4v) is 2.61. The van der Waals surface area contributed by atoms with E-state index in [2.05, 4.69) is 20.4 Å². The Kier molecular flexibility index (Phi) is 4.21. The van der Waals surface area contributed by atoms with E-state index in [1.165, 1.54) is 23.0 Å². The Balaban J connectivity index is 1.51. The Labute approximate surface area is 153 Å². The summed E-state index contributed by atoms with van der Waals surface area (Å²) in [6.07, 6.45) is 3.97. The second-order valence-corrected chi connectivity index (χ2v) is 5.75. The van der Waals surface area contributed by atoms with Crippen LogP contribution in [0.1, 0.15) is 5.69 Å². The van der Waals surface area contributed by atoms with Gasteiger partial charge in [-0.3, -0.25) is 9.66 Å². The normalized spacial score (nSPS) is 10.7. The van der Waals surface area contributed by atoms with E-state index in [1.54, 1.807) is 43.6 Å². The fourth-order valence-electron chi connectivity index (χ4n) is 2.61. The first-order valence-electron chi connectivity index (χ1n) is 8.10. The van der Waals surface area contributed by atoms with Gasteiger partial charge in [0.05, 0.1) is 17.4 Å². The van der Waals surface area contributed by atoms with Crippen molar-refractivity contribution in [3.05, 3.63) is 72.6 Å². The summed E-state index contributed by atoms with van der Waals surface area (Å²) < 4.78 is 20.0. The average Bonchev–Trinajstić information content (AvgIpc) is 3.05. The number of benzene rings is 1. The summed E-state index contributed by atoms with van der Waals surface area (Å²) in [5.74, 6) is 0.331. The molecule has 0 aliphatic carbocycles. The van der Waals surface area contributed by atoms with Crippen LogP contribution in [0.5, 0.6) is 5.75 Å². The Bertz CT molecular complexity index is 1130. The second kappa shape index (κ2) is 6.83. The van der Waals surface area contributed by atoms with Crippen molar-refractivity contribution >= 4 is 17.0 Å². The summed E-state index contributed by atoms with van der Waals surface area (Å²) in [4.78, 5) is 24.9. The number of fused-ring (bicyclic) bond motifs is 1. The zero-order valence-corrected chi connectivity index (χ0v) is 14.3. The van der Waals surface area contributed by atoms with E-state index in [4.69, 9.17) is 4.74 Å². The van der Waals surface area contributed by atoms with E-state index in [9.17, 15) is 9.18 Å². The Hall–Kier alpha value is -3.81. The lowest BCUT2D eigenvalue weighted by Gasteiger charge is -2.10. The van der Waals surface area contributed by atoms with Crippen LogP contribution in [0.2, 0.25) is 0 Å². The molecule has 0 spiro atoms. The number of aryl methyl sites for hydroxylation is 1. The van der Waals surface area contributed by atoms with Crippen LogP contribution >= 0.6 is 0 Å². The number of aromatic nitrogens is 4. The van der Waals surface area contributed by atoms with Crippen LogP contribution in [-0.2, 0) is 0 Å². The van der Waals surface area contributed by atoms with E-state index in [1.807, 2.05) is 6.07 Å². The van der Waals surface area contributed by atoms with Gasteiger partial charge in [0.25, 0.3) is 0 Å². The zero-order chi connectivity index (χ0) is 18.8. The van der Waals surface area contributed by atoms with Gasteiger partial charge in [-0.05, 0) is 43.3 Å². The predicted molar refractivity (Wildman–Crippen MR) is 97.3 cm³/mol. The highest BCUT2D eigenvalue weighted by Gasteiger charge is 2.12. The van der Waals surface area contributed by atoms with Crippen LogP contribution in [0.25, 0.3) is 22.4 Å². The van der Waals surface area contributed by atoms with Crippen molar-refractivity contribution in [1.82, 2.24) is 19.6 Å². The first-order chi connectivity index (χ1) is 13.1. The molecule has 0 bridgehead atoms. The molecule has 4 rings (SSSR count). The molecule has 4 aromatic rings. The van der Waals surface area contributed by atoms with Crippen molar-refractivity contribution in [1.29, 1.82) is 0 Å². The number of hydrogen-bond donors (Lipinski definition) is 1. The lowest BCUT2D eigenvalue weighted by molar-refractivity contribution is 0.211. The van der Waals surface area contributed by atoms with E-state index < -0.39 is 6.09 Å². The van der Waals surface area contributed by atoms with Crippen LogP contribution in [0, 0.1) is 12.7 Å². The molecule has 0 aliphatic rings. The van der Waals surface area contributed by atoms with Crippen molar-refractivity contribution in [2.45, 2.75) is 6.92 Å². The van der Waals surface area contributed by atoms with Crippen LogP contribution in [0.4, 0.5) is 9.18 Å². The van der Waals surface area contributed by atoms with Crippen LogP contribution in [-0.4, -0.2) is 25.7 Å². The molecule has 0 aliphatic heterocycles. The summed E-state index contributed by atoms with van der Waals surface area (Å²) in [7, 11) is 0. The molecule has 7 nitrogen and oxygen atoms in total. The molecule has 0 fully saturated rings. The summed E-state index contributed by atoms with van der Waals surface area (Å²) >= 11 is 0. The minimum Gasteiger partial charge on any atom is -0.406 e. The van der Waals surface area contributed by atoms with Crippen molar-refractivity contribution in [3.8, 4) is 17.3 Å². The number of halogens is 1. The van der Waals surface area contributed by atoms with E-state index >= 15 is 0 Å². The molecule has 8 heteroatoms. The maximum absolute atomic E-state index is 13.3. The number of carbonyl (C=O) groups is 1. The average molecular weight is 363 g/mol. The molecule has 134 valence electrons. The van der Waals surface area contributed by atoms with Gasteiger partial charge in [-0.1, -0.05) is 6.07 Å². The van der Waals surface area contributed by atoms with Gasteiger partial charge in [0.2, 0.25) is 0 Å². The number of amides is 1. The molecule has 0 radical (unpaired) electrons. The third kappa shape index (κ3) is 3.45. The van der Waals surface area contributed by atoms with Crippen molar-refractivity contribution in [2.24, 2.45) is 0 Å². The van der Waals surface area contributed by atoms with Gasteiger partial charge in [0.15, 0.2) is 11.6 Å². The number of nitrogens with one attached hydrogen (secondary N) is 1. The second-order valence-electron chi connectivity index (χ2n) is 5.75.